The number of benzene rings is 2. The molecular weight excluding hydrogens is 337 g/mol. The van der Waals surface area contributed by atoms with Gasteiger partial charge in [0.15, 0.2) is 0 Å². The molecule has 2 aromatic carbocycles. The number of halogens is 1. The van der Waals surface area contributed by atoms with E-state index in [1.54, 1.807) is 13.2 Å². The molecule has 0 atom stereocenters. The standard InChI is InChI=1S/C20H18FNO4/c1-25-18-4-2-3-14(10-18)5-7-17(23)11-20(24)26-13-15-6-8-19(21)16(9-15)12-22/h2-4,6,8-10H,5,7,11,13H2,1H3. The topological polar surface area (TPSA) is 76.4 Å². The van der Waals surface area contributed by atoms with Crippen LogP contribution in [0.3, 0.4) is 0 Å². The van der Waals surface area contributed by atoms with Crippen molar-refractivity contribution < 1.29 is 23.5 Å². The summed E-state index contributed by atoms with van der Waals surface area (Å²) in [5, 5.41) is 8.77. The minimum Gasteiger partial charge on any atom is -0.497 e. The first-order valence-corrected chi connectivity index (χ1v) is 8.00. The lowest BCUT2D eigenvalue weighted by Crippen LogP contribution is -2.12. The third-order valence-corrected chi connectivity index (χ3v) is 3.72. The summed E-state index contributed by atoms with van der Waals surface area (Å²) in [5.74, 6) is -0.793. The van der Waals surface area contributed by atoms with Crippen LogP contribution in [0.15, 0.2) is 42.5 Å². The lowest BCUT2D eigenvalue weighted by molar-refractivity contribution is -0.147. The van der Waals surface area contributed by atoms with Crippen LogP contribution < -0.4 is 4.74 Å². The predicted octanol–water partition coefficient (Wildman–Crippen LogP) is 3.34. The van der Waals surface area contributed by atoms with Gasteiger partial charge in [-0.25, -0.2) is 4.39 Å². The third kappa shape index (κ3) is 5.71. The van der Waals surface area contributed by atoms with Crippen molar-refractivity contribution in [3.63, 3.8) is 0 Å². The van der Waals surface area contributed by atoms with E-state index >= 15 is 0 Å². The number of nitrogens with zero attached hydrogens (tertiary/aromatic N) is 1. The number of hydrogen-bond donors (Lipinski definition) is 0. The van der Waals surface area contributed by atoms with Gasteiger partial charge in [-0.15, -0.1) is 0 Å². The van der Waals surface area contributed by atoms with Crippen molar-refractivity contribution in [3.05, 3.63) is 65.0 Å². The maximum atomic E-state index is 13.2. The van der Waals surface area contributed by atoms with E-state index in [9.17, 15) is 14.0 Å². The number of nitriles is 1. The highest BCUT2D eigenvalue weighted by Crippen LogP contribution is 2.15. The molecule has 0 saturated carbocycles. The predicted molar refractivity (Wildman–Crippen MR) is 91.9 cm³/mol. The van der Waals surface area contributed by atoms with E-state index in [1.807, 2.05) is 24.3 Å². The van der Waals surface area contributed by atoms with Gasteiger partial charge in [0, 0.05) is 6.42 Å². The van der Waals surface area contributed by atoms with E-state index in [-0.39, 0.29) is 30.8 Å². The number of Topliss-reactive ketones (excluding diaryl/α,β-unsaturated/α-hetero) is 1. The van der Waals surface area contributed by atoms with Crippen molar-refractivity contribution >= 4 is 11.8 Å². The Bertz CT molecular complexity index is 842. The van der Waals surface area contributed by atoms with Gasteiger partial charge < -0.3 is 9.47 Å². The first-order chi connectivity index (χ1) is 12.5. The van der Waals surface area contributed by atoms with Crippen molar-refractivity contribution in [2.45, 2.75) is 25.9 Å². The van der Waals surface area contributed by atoms with E-state index < -0.39 is 11.8 Å². The van der Waals surface area contributed by atoms with Crippen molar-refractivity contribution in [1.82, 2.24) is 0 Å². The highest BCUT2D eigenvalue weighted by molar-refractivity contribution is 5.95. The third-order valence-electron chi connectivity index (χ3n) is 3.72. The Morgan fingerprint density at radius 2 is 1.96 bits per heavy atom. The maximum Gasteiger partial charge on any atom is 0.313 e. The fourth-order valence-corrected chi connectivity index (χ4v) is 2.32. The number of methoxy groups -OCH3 is 1. The molecule has 0 heterocycles. The van der Waals surface area contributed by atoms with E-state index in [4.69, 9.17) is 14.7 Å². The first-order valence-electron chi connectivity index (χ1n) is 8.00. The summed E-state index contributed by atoms with van der Waals surface area (Å²) in [6.45, 7) is -0.114. The molecule has 0 radical (unpaired) electrons. The van der Waals surface area contributed by atoms with Gasteiger partial charge in [-0.1, -0.05) is 18.2 Å². The largest absolute Gasteiger partial charge is 0.497 e. The molecule has 0 aromatic heterocycles. The van der Waals surface area contributed by atoms with Gasteiger partial charge in [0.05, 0.1) is 12.7 Å². The summed E-state index contributed by atoms with van der Waals surface area (Å²) in [7, 11) is 1.57. The van der Waals surface area contributed by atoms with E-state index in [0.717, 1.165) is 11.6 Å². The van der Waals surface area contributed by atoms with Crippen molar-refractivity contribution in [1.29, 1.82) is 5.26 Å². The normalized spacial score (nSPS) is 10.0. The molecule has 6 heteroatoms. The van der Waals surface area contributed by atoms with Crippen LogP contribution in [-0.2, 0) is 27.4 Å². The SMILES string of the molecule is COc1cccc(CCC(=O)CC(=O)OCc2ccc(F)c(C#N)c2)c1. The average molecular weight is 355 g/mol. The van der Waals surface area contributed by atoms with E-state index in [2.05, 4.69) is 0 Å². The fraction of sp³-hybridized carbons (Fsp3) is 0.250. The van der Waals surface area contributed by atoms with Gasteiger partial charge in [-0.3, -0.25) is 9.59 Å². The molecule has 0 amide bonds. The fourth-order valence-electron chi connectivity index (χ4n) is 2.32. The molecular formula is C20H18FNO4. The number of rotatable bonds is 8. The molecule has 0 fully saturated rings. The Labute approximate surface area is 151 Å². The first kappa shape index (κ1) is 19.1. The zero-order chi connectivity index (χ0) is 18.9. The van der Waals surface area contributed by atoms with Gasteiger partial charge in [-0.2, -0.15) is 5.26 Å². The highest BCUT2D eigenvalue weighted by Gasteiger charge is 2.12. The smallest absolute Gasteiger partial charge is 0.313 e. The van der Waals surface area contributed by atoms with Crippen LogP contribution in [-0.4, -0.2) is 18.9 Å². The monoisotopic (exact) mass is 355 g/mol. The Kier molecular flexibility index (Phi) is 6.86. The average Bonchev–Trinajstić information content (AvgIpc) is 2.66. The molecule has 2 rings (SSSR count). The quantitative estimate of drug-likeness (QED) is 0.536. The number of hydrogen-bond acceptors (Lipinski definition) is 5. The summed E-state index contributed by atoms with van der Waals surface area (Å²) in [4.78, 5) is 23.7. The van der Waals surface area contributed by atoms with Crippen LogP contribution in [0, 0.1) is 17.1 Å². The number of carbonyl (C=O) groups is 2. The molecule has 0 aliphatic rings. The van der Waals surface area contributed by atoms with Crippen molar-refractivity contribution in [2.75, 3.05) is 7.11 Å². The zero-order valence-corrected chi connectivity index (χ0v) is 14.3. The highest BCUT2D eigenvalue weighted by atomic mass is 19.1. The molecule has 0 bridgehead atoms. The van der Waals surface area contributed by atoms with Gasteiger partial charge >= 0.3 is 5.97 Å². The van der Waals surface area contributed by atoms with Crippen LogP contribution in [0.1, 0.15) is 29.5 Å². The minimum absolute atomic E-state index is 0.114. The molecule has 26 heavy (non-hydrogen) atoms. The number of ether oxygens (including phenoxy) is 2. The molecule has 0 spiro atoms. The molecule has 0 aliphatic carbocycles. The molecule has 134 valence electrons. The molecule has 0 N–H and O–H groups in total. The Morgan fingerprint density at radius 1 is 1.15 bits per heavy atom. The molecule has 2 aromatic rings. The van der Waals surface area contributed by atoms with Gasteiger partial charge in [0.2, 0.25) is 0 Å². The van der Waals surface area contributed by atoms with Crippen molar-refractivity contribution in [3.8, 4) is 11.8 Å². The maximum absolute atomic E-state index is 13.2. The summed E-state index contributed by atoms with van der Waals surface area (Å²) in [6, 6.07) is 13.0. The minimum atomic E-state index is -0.650. The molecule has 0 saturated heterocycles. The van der Waals surface area contributed by atoms with Crippen LogP contribution in [0.2, 0.25) is 0 Å². The number of esters is 1. The van der Waals surface area contributed by atoms with Crippen LogP contribution >= 0.6 is 0 Å². The summed E-state index contributed by atoms with van der Waals surface area (Å²) in [5.41, 5.74) is 1.31. The second-order valence-corrected chi connectivity index (χ2v) is 5.65. The number of ketones is 1. The van der Waals surface area contributed by atoms with Gasteiger partial charge in [0.25, 0.3) is 0 Å². The summed E-state index contributed by atoms with van der Waals surface area (Å²) >= 11 is 0. The molecule has 0 unspecified atom stereocenters. The summed E-state index contributed by atoms with van der Waals surface area (Å²) in [6.07, 6.45) is 0.403. The summed E-state index contributed by atoms with van der Waals surface area (Å²) < 4.78 is 23.4. The van der Waals surface area contributed by atoms with E-state index in [1.165, 1.54) is 12.1 Å². The van der Waals surface area contributed by atoms with Crippen LogP contribution in [0.4, 0.5) is 4.39 Å². The second kappa shape index (κ2) is 9.33. The lowest BCUT2D eigenvalue weighted by atomic mass is 10.1. The van der Waals surface area contributed by atoms with Crippen molar-refractivity contribution in [2.24, 2.45) is 0 Å². The Morgan fingerprint density at radius 3 is 2.69 bits per heavy atom. The zero-order valence-electron chi connectivity index (χ0n) is 14.3. The van der Waals surface area contributed by atoms with Crippen LogP contribution in [0.5, 0.6) is 5.75 Å². The molecule has 5 nitrogen and oxygen atoms in total. The van der Waals surface area contributed by atoms with Gasteiger partial charge in [-0.05, 0) is 41.8 Å². The van der Waals surface area contributed by atoms with Gasteiger partial charge in [0.1, 0.15) is 36.4 Å². The number of carbonyl (C=O) groups excluding carboxylic acids is 2. The van der Waals surface area contributed by atoms with Crippen LogP contribution in [0.25, 0.3) is 0 Å². The Balaban J connectivity index is 1.78. The lowest BCUT2D eigenvalue weighted by Gasteiger charge is -2.06. The molecule has 0 aliphatic heterocycles. The number of aryl methyl sites for hydroxylation is 1. The van der Waals surface area contributed by atoms with E-state index in [0.29, 0.717) is 17.7 Å². The second-order valence-electron chi connectivity index (χ2n) is 5.65. The Hall–Kier alpha value is -3.20.